The molecule has 5 N–H and O–H groups in total. The summed E-state index contributed by atoms with van der Waals surface area (Å²) in [5, 5.41) is 7.80. The Balaban J connectivity index is 0.00000441. The van der Waals surface area contributed by atoms with Crippen LogP contribution in [0, 0.1) is 5.41 Å². The number of primary sulfonamides is 1. The van der Waals surface area contributed by atoms with E-state index in [1.165, 1.54) is 12.1 Å². The molecule has 1 amide bonds. The van der Waals surface area contributed by atoms with Crippen LogP contribution in [0.5, 0.6) is 0 Å². The van der Waals surface area contributed by atoms with Crippen LogP contribution in [0.2, 0.25) is 0 Å². The second kappa shape index (κ2) is 7.92. The fourth-order valence-electron chi connectivity index (χ4n) is 1.68. The SMILES string of the molecule is CC(C)(C)[C@H](N)C(=O)NCCc1ccc(S(N)(=O)=O)cc1.Cl. The molecule has 0 aliphatic heterocycles. The largest absolute Gasteiger partial charge is 0.354 e. The fraction of sp³-hybridized carbons (Fsp3) is 0.500. The number of benzene rings is 1. The monoisotopic (exact) mass is 349 g/mol. The van der Waals surface area contributed by atoms with Crippen molar-refractivity contribution in [2.75, 3.05) is 6.54 Å². The molecular weight excluding hydrogens is 326 g/mol. The van der Waals surface area contributed by atoms with Crippen molar-refractivity contribution in [3.8, 4) is 0 Å². The zero-order chi connectivity index (χ0) is 16.3. The number of hydrogen-bond donors (Lipinski definition) is 3. The summed E-state index contributed by atoms with van der Waals surface area (Å²) >= 11 is 0. The lowest BCUT2D eigenvalue weighted by molar-refractivity contribution is -0.124. The molecule has 0 fully saturated rings. The molecule has 0 heterocycles. The first-order chi connectivity index (χ1) is 9.51. The van der Waals surface area contributed by atoms with Gasteiger partial charge in [-0.2, -0.15) is 0 Å². The number of hydrogen-bond acceptors (Lipinski definition) is 4. The summed E-state index contributed by atoms with van der Waals surface area (Å²) in [6.45, 7) is 6.16. The highest BCUT2D eigenvalue weighted by Gasteiger charge is 2.26. The third-order valence-electron chi connectivity index (χ3n) is 3.18. The van der Waals surface area contributed by atoms with E-state index in [1.807, 2.05) is 20.8 Å². The van der Waals surface area contributed by atoms with E-state index in [2.05, 4.69) is 5.32 Å². The highest BCUT2D eigenvalue weighted by atomic mass is 35.5. The zero-order valence-electron chi connectivity index (χ0n) is 13.0. The van der Waals surface area contributed by atoms with Gasteiger partial charge in [0.25, 0.3) is 0 Å². The van der Waals surface area contributed by atoms with Crippen LogP contribution >= 0.6 is 12.4 Å². The van der Waals surface area contributed by atoms with Gasteiger partial charge in [0.1, 0.15) is 0 Å². The van der Waals surface area contributed by atoms with Crippen molar-refractivity contribution < 1.29 is 13.2 Å². The molecule has 6 nitrogen and oxygen atoms in total. The number of halogens is 1. The van der Waals surface area contributed by atoms with Crippen molar-refractivity contribution in [1.82, 2.24) is 5.32 Å². The molecule has 22 heavy (non-hydrogen) atoms. The summed E-state index contributed by atoms with van der Waals surface area (Å²) in [6.07, 6.45) is 0.591. The first-order valence-corrected chi connectivity index (χ1v) is 8.21. The molecule has 0 unspecified atom stereocenters. The van der Waals surface area contributed by atoms with Crippen LogP contribution in [0.4, 0.5) is 0 Å². The highest BCUT2D eigenvalue weighted by Crippen LogP contribution is 2.17. The molecule has 0 aliphatic rings. The lowest BCUT2D eigenvalue weighted by atomic mass is 9.87. The van der Waals surface area contributed by atoms with Crippen LogP contribution in [0.25, 0.3) is 0 Å². The van der Waals surface area contributed by atoms with Gasteiger partial charge in [0.05, 0.1) is 10.9 Å². The quantitative estimate of drug-likeness (QED) is 0.728. The van der Waals surface area contributed by atoms with E-state index in [0.717, 1.165) is 5.56 Å². The molecule has 0 spiro atoms. The van der Waals surface area contributed by atoms with Gasteiger partial charge in [0, 0.05) is 6.54 Å². The first-order valence-electron chi connectivity index (χ1n) is 6.67. The first kappa shape index (κ1) is 20.9. The maximum absolute atomic E-state index is 11.8. The highest BCUT2D eigenvalue weighted by molar-refractivity contribution is 7.89. The molecule has 0 saturated heterocycles. The molecule has 8 heteroatoms. The summed E-state index contributed by atoms with van der Waals surface area (Å²) in [5.41, 5.74) is 6.47. The summed E-state index contributed by atoms with van der Waals surface area (Å²) in [5.74, 6) is -0.191. The number of carbonyl (C=O) groups is 1. The summed E-state index contributed by atoms with van der Waals surface area (Å²) in [4.78, 5) is 11.9. The molecule has 0 radical (unpaired) electrons. The Morgan fingerprint density at radius 2 is 1.73 bits per heavy atom. The Bertz CT molecular complexity index is 595. The minimum absolute atomic E-state index is 0. The minimum Gasteiger partial charge on any atom is -0.354 e. The van der Waals surface area contributed by atoms with Gasteiger partial charge in [-0.3, -0.25) is 4.79 Å². The van der Waals surface area contributed by atoms with E-state index in [-0.39, 0.29) is 28.6 Å². The molecule has 1 aromatic rings. The van der Waals surface area contributed by atoms with Crippen molar-refractivity contribution in [2.45, 2.75) is 38.1 Å². The predicted molar refractivity (Wildman–Crippen MR) is 89.2 cm³/mol. The second-order valence-corrected chi connectivity index (χ2v) is 7.64. The Morgan fingerprint density at radius 1 is 1.23 bits per heavy atom. The number of carbonyl (C=O) groups excluding carboxylic acids is 1. The van der Waals surface area contributed by atoms with E-state index in [9.17, 15) is 13.2 Å². The maximum Gasteiger partial charge on any atom is 0.238 e. The lowest BCUT2D eigenvalue weighted by Crippen LogP contribution is -2.48. The van der Waals surface area contributed by atoms with Crippen LogP contribution in [0.15, 0.2) is 29.2 Å². The van der Waals surface area contributed by atoms with E-state index >= 15 is 0 Å². The predicted octanol–water partition coefficient (Wildman–Crippen LogP) is 0.788. The topological polar surface area (TPSA) is 115 Å². The Kier molecular flexibility index (Phi) is 7.50. The van der Waals surface area contributed by atoms with E-state index in [4.69, 9.17) is 10.9 Å². The minimum atomic E-state index is -3.67. The van der Waals surface area contributed by atoms with Crippen LogP contribution < -0.4 is 16.2 Å². The van der Waals surface area contributed by atoms with Gasteiger partial charge >= 0.3 is 0 Å². The Morgan fingerprint density at radius 3 is 2.14 bits per heavy atom. The Hall–Kier alpha value is -1.15. The van der Waals surface area contributed by atoms with Gasteiger partial charge in [0.2, 0.25) is 15.9 Å². The molecule has 1 rings (SSSR count). The zero-order valence-corrected chi connectivity index (χ0v) is 14.6. The second-order valence-electron chi connectivity index (χ2n) is 6.07. The summed E-state index contributed by atoms with van der Waals surface area (Å²) < 4.78 is 22.2. The van der Waals surface area contributed by atoms with Crippen LogP contribution in [0.1, 0.15) is 26.3 Å². The van der Waals surface area contributed by atoms with E-state index < -0.39 is 16.1 Å². The number of nitrogens with two attached hydrogens (primary N) is 2. The van der Waals surface area contributed by atoms with Gasteiger partial charge in [-0.25, -0.2) is 13.6 Å². The van der Waals surface area contributed by atoms with Gasteiger partial charge < -0.3 is 11.1 Å². The average Bonchev–Trinajstić information content (AvgIpc) is 2.36. The summed E-state index contributed by atoms with van der Waals surface area (Å²) in [6, 6.07) is 5.69. The third kappa shape index (κ3) is 6.31. The van der Waals surface area contributed by atoms with Crippen LogP contribution in [0.3, 0.4) is 0 Å². The normalized spacial score (nSPS) is 13.1. The van der Waals surface area contributed by atoms with Crippen LogP contribution in [-0.2, 0) is 21.2 Å². The number of rotatable bonds is 5. The van der Waals surface area contributed by atoms with Crippen molar-refractivity contribution in [3.05, 3.63) is 29.8 Å². The molecule has 126 valence electrons. The van der Waals surface area contributed by atoms with Crippen LogP contribution in [-0.4, -0.2) is 26.9 Å². The standard InChI is InChI=1S/C14H23N3O3S.ClH/c1-14(2,3)12(15)13(18)17-9-8-10-4-6-11(7-5-10)21(16,19)20;/h4-7,12H,8-9,15H2,1-3H3,(H,17,18)(H2,16,19,20);1H/t12-;/m1./s1. The number of nitrogens with one attached hydrogen (secondary N) is 1. The summed E-state index contributed by atoms with van der Waals surface area (Å²) in [7, 11) is -3.67. The lowest BCUT2D eigenvalue weighted by Gasteiger charge is -2.25. The molecule has 1 aromatic carbocycles. The number of amides is 1. The fourth-order valence-corrected chi connectivity index (χ4v) is 2.19. The average molecular weight is 350 g/mol. The molecule has 0 aromatic heterocycles. The van der Waals surface area contributed by atoms with Crippen molar-refractivity contribution in [1.29, 1.82) is 0 Å². The number of sulfonamides is 1. The van der Waals surface area contributed by atoms with Gasteiger partial charge in [-0.15, -0.1) is 12.4 Å². The maximum atomic E-state index is 11.8. The van der Waals surface area contributed by atoms with Gasteiger partial charge in [-0.1, -0.05) is 32.9 Å². The Labute approximate surface area is 138 Å². The van der Waals surface area contributed by atoms with Crippen molar-refractivity contribution in [3.63, 3.8) is 0 Å². The van der Waals surface area contributed by atoms with E-state index in [0.29, 0.717) is 13.0 Å². The molecule has 0 bridgehead atoms. The smallest absolute Gasteiger partial charge is 0.238 e. The molecule has 0 saturated carbocycles. The van der Waals surface area contributed by atoms with Gasteiger partial charge in [-0.05, 0) is 29.5 Å². The van der Waals surface area contributed by atoms with Gasteiger partial charge in [0.15, 0.2) is 0 Å². The molecular formula is C14H24ClN3O3S. The van der Waals surface area contributed by atoms with E-state index in [1.54, 1.807) is 12.1 Å². The van der Waals surface area contributed by atoms with Crippen molar-refractivity contribution >= 4 is 28.3 Å². The molecule has 1 atom stereocenters. The molecule has 0 aliphatic carbocycles. The van der Waals surface area contributed by atoms with Crippen molar-refractivity contribution in [2.24, 2.45) is 16.3 Å². The third-order valence-corrected chi connectivity index (χ3v) is 4.11.